The predicted octanol–water partition coefficient (Wildman–Crippen LogP) is 4.57. The lowest BCUT2D eigenvalue weighted by atomic mass is 10.1. The quantitative estimate of drug-likeness (QED) is 0.563. The van der Waals surface area contributed by atoms with Gasteiger partial charge in [-0.25, -0.2) is 4.39 Å². The van der Waals surface area contributed by atoms with E-state index in [2.05, 4.69) is 22.6 Å². The maximum absolute atomic E-state index is 13.4. The average molecular weight is 381 g/mol. The van der Waals surface area contributed by atoms with Crippen LogP contribution in [0.4, 0.5) is 4.39 Å². The van der Waals surface area contributed by atoms with Crippen molar-refractivity contribution in [1.29, 1.82) is 0 Å². The van der Waals surface area contributed by atoms with Gasteiger partial charge in [0.25, 0.3) is 0 Å². The van der Waals surface area contributed by atoms with Gasteiger partial charge in [0.2, 0.25) is 0 Å². The summed E-state index contributed by atoms with van der Waals surface area (Å²) in [5.74, 6) is -0.488. The zero-order chi connectivity index (χ0) is 12.4. The van der Waals surface area contributed by atoms with Crippen LogP contribution in [0.5, 0.6) is 0 Å². The molecule has 0 spiro atoms. The average Bonchev–Trinajstić information content (AvgIpc) is 2.70. The minimum absolute atomic E-state index is 0.0409. The van der Waals surface area contributed by atoms with Gasteiger partial charge in [-0.15, -0.1) is 11.3 Å². The lowest BCUT2D eigenvalue weighted by Crippen LogP contribution is -2.04. The minimum Gasteiger partial charge on any atom is -0.294 e. The van der Waals surface area contributed by atoms with E-state index in [1.165, 1.54) is 29.5 Å². The van der Waals surface area contributed by atoms with Crippen LogP contribution in [-0.4, -0.2) is 5.78 Å². The highest BCUT2D eigenvalue weighted by atomic mass is 127. The van der Waals surface area contributed by atoms with Gasteiger partial charge in [0.1, 0.15) is 5.82 Å². The van der Waals surface area contributed by atoms with Crippen LogP contribution in [0.3, 0.4) is 0 Å². The monoisotopic (exact) mass is 380 g/mol. The largest absolute Gasteiger partial charge is 0.294 e. The van der Waals surface area contributed by atoms with E-state index in [1.54, 1.807) is 11.4 Å². The molecule has 0 saturated carbocycles. The standard InChI is InChI=1S/C12H7ClFIOS/c13-9-1-2-10(14)7(3-9)4-11(16)8-5-12(15)17-6-8/h1-3,5-6H,4H2. The van der Waals surface area contributed by atoms with Gasteiger partial charge in [-0.2, -0.15) is 0 Å². The van der Waals surface area contributed by atoms with E-state index in [0.717, 1.165) is 2.88 Å². The summed E-state index contributed by atoms with van der Waals surface area (Å²) in [5.41, 5.74) is 0.961. The van der Waals surface area contributed by atoms with Crippen LogP contribution in [-0.2, 0) is 6.42 Å². The predicted molar refractivity (Wildman–Crippen MR) is 76.5 cm³/mol. The molecule has 1 aromatic carbocycles. The van der Waals surface area contributed by atoms with Crippen LogP contribution >= 0.6 is 45.5 Å². The number of carbonyl (C=O) groups is 1. The Bertz CT molecular complexity index is 567. The number of thiophene rings is 1. The van der Waals surface area contributed by atoms with Gasteiger partial charge in [0.15, 0.2) is 5.78 Å². The molecule has 0 unspecified atom stereocenters. The first-order chi connectivity index (χ1) is 8.06. The smallest absolute Gasteiger partial charge is 0.168 e. The van der Waals surface area contributed by atoms with Gasteiger partial charge in [-0.3, -0.25) is 4.79 Å². The Balaban J connectivity index is 2.21. The Kier molecular flexibility index (Phi) is 4.17. The van der Waals surface area contributed by atoms with Gasteiger partial charge >= 0.3 is 0 Å². The Labute approximate surface area is 121 Å². The van der Waals surface area contributed by atoms with E-state index >= 15 is 0 Å². The summed E-state index contributed by atoms with van der Waals surface area (Å²) in [5, 5.41) is 2.22. The zero-order valence-electron chi connectivity index (χ0n) is 8.54. The molecule has 1 heterocycles. The van der Waals surface area contributed by atoms with Gasteiger partial charge < -0.3 is 0 Å². The number of Topliss-reactive ketones (excluding diaryl/α,β-unsaturated/α-hetero) is 1. The third-order valence-electron chi connectivity index (χ3n) is 2.25. The first-order valence-electron chi connectivity index (χ1n) is 4.77. The second-order valence-corrected chi connectivity index (χ2v) is 6.72. The van der Waals surface area contributed by atoms with Gasteiger partial charge in [-0.05, 0) is 52.4 Å². The van der Waals surface area contributed by atoms with Crippen molar-refractivity contribution in [3.8, 4) is 0 Å². The molecule has 0 aliphatic carbocycles. The Morgan fingerprint density at radius 1 is 1.41 bits per heavy atom. The topological polar surface area (TPSA) is 17.1 Å². The second-order valence-electron chi connectivity index (χ2n) is 3.48. The Morgan fingerprint density at radius 3 is 2.82 bits per heavy atom. The van der Waals surface area contributed by atoms with Crippen molar-refractivity contribution in [3.05, 3.63) is 54.5 Å². The van der Waals surface area contributed by atoms with E-state index in [4.69, 9.17) is 11.6 Å². The van der Waals surface area contributed by atoms with Crippen LogP contribution in [0.2, 0.25) is 5.02 Å². The summed E-state index contributed by atoms with van der Waals surface area (Å²) in [7, 11) is 0. The molecule has 0 amide bonds. The second kappa shape index (κ2) is 5.46. The molecule has 0 aliphatic rings. The maximum Gasteiger partial charge on any atom is 0.168 e. The highest BCUT2D eigenvalue weighted by Gasteiger charge is 2.12. The molecule has 0 N–H and O–H groups in total. The number of halogens is 3. The van der Waals surface area contributed by atoms with Crippen molar-refractivity contribution in [2.45, 2.75) is 6.42 Å². The number of hydrogen-bond donors (Lipinski definition) is 0. The molecule has 0 aliphatic heterocycles. The number of ketones is 1. The highest BCUT2D eigenvalue weighted by Crippen LogP contribution is 2.20. The van der Waals surface area contributed by atoms with Crippen molar-refractivity contribution < 1.29 is 9.18 Å². The third kappa shape index (κ3) is 3.26. The highest BCUT2D eigenvalue weighted by molar-refractivity contribution is 14.1. The minimum atomic E-state index is -0.396. The maximum atomic E-state index is 13.4. The van der Waals surface area contributed by atoms with Gasteiger partial charge in [0, 0.05) is 22.4 Å². The van der Waals surface area contributed by atoms with Crippen LogP contribution < -0.4 is 0 Å². The molecule has 2 rings (SSSR count). The Morgan fingerprint density at radius 2 is 2.18 bits per heavy atom. The zero-order valence-corrected chi connectivity index (χ0v) is 12.3. The molecule has 2 aromatic rings. The molecular weight excluding hydrogens is 374 g/mol. The fourth-order valence-corrected chi connectivity index (χ4v) is 2.96. The molecule has 17 heavy (non-hydrogen) atoms. The molecule has 0 radical (unpaired) electrons. The van der Waals surface area contributed by atoms with Gasteiger partial charge in [0.05, 0.1) is 2.88 Å². The lowest BCUT2D eigenvalue weighted by molar-refractivity contribution is 0.0992. The summed E-state index contributed by atoms with van der Waals surface area (Å²) >= 11 is 9.42. The number of carbonyl (C=O) groups excluding carboxylic acids is 1. The summed E-state index contributed by atoms with van der Waals surface area (Å²) in [4.78, 5) is 11.9. The molecule has 1 aromatic heterocycles. The van der Waals surface area contributed by atoms with Crippen molar-refractivity contribution in [2.24, 2.45) is 0 Å². The molecule has 0 bridgehead atoms. The normalized spacial score (nSPS) is 10.5. The SMILES string of the molecule is O=C(Cc1cc(Cl)ccc1F)c1csc(I)c1. The van der Waals surface area contributed by atoms with E-state index in [1.807, 2.05) is 0 Å². The number of rotatable bonds is 3. The summed E-state index contributed by atoms with van der Waals surface area (Å²) in [6, 6.07) is 6.04. The first-order valence-corrected chi connectivity index (χ1v) is 7.11. The molecule has 0 fully saturated rings. The number of benzene rings is 1. The van der Waals surface area contributed by atoms with Crippen molar-refractivity contribution >= 4 is 51.3 Å². The molecule has 1 nitrogen and oxygen atoms in total. The fourth-order valence-electron chi connectivity index (χ4n) is 1.41. The summed E-state index contributed by atoms with van der Waals surface area (Å²) < 4.78 is 14.5. The van der Waals surface area contributed by atoms with Crippen molar-refractivity contribution in [2.75, 3.05) is 0 Å². The van der Waals surface area contributed by atoms with Gasteiger partial charge in [-0.1, -0.05) is 11.6 Å². The summed E-state index contributed by atoms with van der Waals surface area (Å²) in [6.45, 7) is 0. The third-order valence-corrected chi connectivity index (χ3v) is 4.27. The van der Waals surface area contributed by atoms with E-state index in [-0.39, 0.29) is 12.2 Å². The molecule has 0 saturated heterocycles. The number of hydrogen-bond acceptors (Lipinski definition) is 2. The molecular formula is C12H7ClFIOS. The van der Waals surface area contributed by atoms with Crippen LogP contribution in [0.1, 0.15) is 15.9 Å². The molecule has 88 valence electrons. The van der Waals surface area contributed by atoms with E-state index in [9.17, 15) is 9.18 Å². The Hall–Kier alpha value is -0.460. The van der Waals surface area contributed by atoms with Crippen molar-refractivity contribution in [1.82, 2.24) is 0 Å². The van der Waals surface area contributed by atoms with Crippen LogP contribution in [0, 0.1) is 8.70 Å². The van der Waals surface area contributed by atoms with E-state index in [0.29, 0.717) is 16.1 Å². The molecule has 0 atom stereocenters. The first kappa shape index (κ1) is 13.0. The van der Waals surface area contributed by atoms with E-state index < -0.39 is 5.82 Å². The fraction of sp³-hybridized carbons (Fsp3) is 0.0833. The van der Waals surface area contributed by atoms with Crippen molar-refractivity contribution in [3.63, 3.8) is 0 Å². The lowest BCUT2D eigenvalue weighted by Gasteiger charge is -2.02. The molecule has 5 heteroatoms. The van der Waals surface area contributed by atoms with Crippen LogP contribution in [0.25, 0.3) is 0 Å². The van der Waals surface area contributed by atoms with Crippen LogP contribution in [0.15, 0.2) is 29.6 Å². The summed E-state index contributed by atoms with van der Waals surface area (Å²) in [6.07, 6.45) is 0.0409.